The number of alkyl carbamates (subject to hydrolysis) is 1. The highest BCUT2D eigenvalue weighted by Gasteiger charge is 2.26. The fourth-order valence-corrected chi connectivity index (χ4v) is 2.94. The summed E-state index contributed by atoms with van der Waals surface area (Å²) in [5.74, 6) is 1.32. The molecule has 2 atom stereocenters. The SMILES string of the molecule is CCN1CCCC1COC(=O)NC1COc2ccccc2O1. The summed E-state index contributed by atoms with van der Waals surface area (Å²) in [7, 11) is 0. The van der Waals surface area contributed by atoms with E-state index in [0.29, 0.717) is 24.1 Å². The number of amides is 1. The van der Waals surface area contributed by atoms with E-state index >= 15 is 0 Å². The van der Waals surface area contributed by atoms with Crippen LogP contribution in [0.25, 0.3) is 0 Å². The summed E-state index contributed by atoms with van der Waals surface area (Å²) >= 11 is 0. The quantitative estimate of drug-likeness (QED) is 0.922. The Balaban J connectivity index is 1.45. The second kappa shape index (κ2) is 6.87. The van der Waals surface area contributed by atoms with E-state index in [1.807, 2.05) is 24.3 Å². The molecule has 1 amide bonds. The van der Waals surface area contributed by atoms with Gasteiger partial charge in [-0.05, 0) is 38.1 Å². The van der Waals surface area contributed by atoms with Crippen molar-refractivity contribution in [3.8, 4) is 11.5 Å². The predicted octanol–water partition coefficient (Wildman–Crippen LogP) is 1.99. The summed E-state index contributed by atoms with van der Waals surface area (Å²) in [5, 5.41) is 2.69. The molecule has 2 unspecified atom stereocenters. The van der Waals surface area contributed by atoms with E-state index < -0.39 is 12.3 Å². The van der Waals surface area contributed by atoms with Gasteiger partial charge in [0.05, 0.1) is 0 Å². The molecule has 0 aromatic heterocycles. The minimum Gasteiger partial charge on any atom is -0.484 e. The molecule has 2 aliphatic heterocycles. The lowest BCUT2D eigenvalue weighted by atomic mass is 10.2. The number of fused-ring (bicyclic) bond motifs is 1. The molecule has 0 spiro atoms. The molecular formula is C16H22N2O4. The first-order valence-electron chi connectivity index (χ1n) is 7.82. The monoisotopic (exact) mass is 306 g/mol. The number of likely N-dealkylation sites (N-methyl/N-ethyl adjacent to an activating group) is 1. The molecule has 22 heavy (non-hydrogen) atoms. The number of likely N-dealkylation sites (tertiary alicyclic amines) is 1. The molecule has 1 fully saturated rings. The van der Waals surface area contributed by atoms with Crippen molar-refractivity contribution in [3.63, 3.8) is 0 Å². The number of benzene rings is 1. The summed E-state index contributed by atoms with van der Waals surface area (Å²) in [5.41, 5.74) is 0. The van der Waals surface area contributed by atoms with Crippen LogP contribution in [0.15, 0.2) is 24.3 Å². The van der Waals surface area contributed by atoms with Crippen LogP contribution in [0, 0.1) is 0 Å². The van der Waals surface area contributed by atoms with Crippen LogP contribution in [0.1, 0.15) is 19.8 Å². The molecule has 2 heterocycles. The average molecular weight is 306 g/mol. The number of rotatable bonds is 4. The molecule has 1 saturated heterocycles. The number of nitrogens with zero attached hydrogens (tertiary/aromatic N) is 1. The summed E-state index contributed by atoms with van der Waals surface area (Å²) in [6.45, 7) is 4.90. The first kappa shape index (κ1) is 15.0. The standard InChI is InChI=1S/C16H22N2O4/c1-2-18-9-5-6-12(18)10-21-16(19)17-15-11-20-13-7-3-4-8-14(13)22-15/h3-4,7-8,12,15H,2,5-6,9-11H2,1H3,(H,17,19). The molecule has 0 bridgehead atoms. The Morgan fingerprint density at radius 3 is 3.05 bits per heavy atom. The lowest BCUT2D eigenvalue weighted by Gasteiger charge is -2.27. The maximum atomic E-state index is 11.9. The van der Waals surface area contributed by atoms with Crippen molar-refractivity contribution < 1.29 is 19.0 Å². The van der Waals surface area contributed by atoms with Crippen molar-refractivity contribution in [2.24, 2.45) is 0 Å². The van der Waals surface area contributed by atoms with Gasteiger partial charge < -0.3 is 14.2 Å². The van der Waals surface area contributed by atoms with Gasteiger partial charge in [0.25, 0.3) is 0 Å². The van der Waals surface area contributed by atoms with Gasteiger partial charge in [-0.15, -0.1) is 0 Å². The van der Waals surface area contributed by atoms with Crippen molar-refractivity contribution in [1.82, 2.24) is 10.2 Å². The fraction of sp³-hybridized carbons (Fsp3) is 0.562. The summed E-state index contributed by atoms with van der Waals surface area (Å²) in [6, 6.07) is 7.73. The summed E-state index contributed by atoms with van der Waals surface area (Å²) in [6.07, 6.45) is 1.27. The molecule has 1 aromatic carbocycles. The largest absolute Gasteiger partial charge is 0.484 e. The van der Waals surface area contributed by atoms with Gasteiger partial charge in [0.15, 0.2) is 11.5 Å². The normalized spacial score (nSPS) is 24.0. The lowest BCUT2D eigenvalue weighted by molar-refractivity contribution is 0.0508. The molecular weight excluding hydrogens is 284 g/mol. The van der Waals surface area contributed by atoms with E-state index in [4.69, 9.17) is 14.2 Å². The number of nitrogens with one attached hydrogen (secondary N) is 1. The summed E-state index contributed by atoms with van der Waals surface area (Å²) in [4.78, 5) is 14.2. The number of hydrogen-bond acceptors (Lipinski definition) is 5. The third-order valence-corrected chi connectivity index (χ3v) is 4.10. The van der Waals surface area contributed by atoms with Gasteiger partial charge in [0, 0.05) is 6.04 Å². The Kier molecular flexibility index (Phi) is 4.68. The number of para-hydroxylation sites is 2. The average Bonchev–Trinajstić information content (AvgIpc) is 3.00. The van der Waals surface area contributed by atoms with Crippen molar-refractivity contribution in [2.45, 2.75) is 32.0 Å². The summed E-state index contributed by atoms with van der Waals surface area (Å²) < 4.78 is 16.5. The zero-order chi connectivity index (χ0) is 15.4. The first-order chi connectivity index (χ1) is 10.8. The van der Waals surface area contributed by atoms with Crippen molar-refractivity contribution in [2.75, 3.05) is 26.3 Å². The Labute approximate surface area is 130 Å². The van der Waals surface area contributed by atoms with Crippen LogP contribution in [-0.4, -0.2) is 49.6 Å². The molecule has 2 aliphatic rings. The van der Waals surface area contributed by atoms with Crippen molar-refractivity contribution >= 4 is 6.09 Å². The Bertz CT molecular complexity index is 523. The third kappa shape index (κ3) is 3.44. The maximum absolute atomic E-state index is 11.9. The maximum Gasteiger partial charge on any atom is 0.410 e. The van der Waals surface area contributed by atoms with Gasteiger partial charge in [-0.3, -0.25) is 10.2 Å². The van der Waals surface area contributed by atoms with Crippen LogP contribution >= 0.6 is 0 Å². The zero-order valence-corrected chi connectivity index (χ0v) is 12.8. The molecule has 1 N–H and O–H groups in total. The Morgan fingerprint density at radius 2 is 2.23 bits per heavy atom. The van der Waals surface area contributed by atoms with Gasteiger partial charge in [-0.1, -0.05) is 19.1 Å². The van der Waals surface area contributed by atoms with Gasteiger partial charge >= 0.3 is 6.09 Å². The van der Waals surface area contributed by atoms with Crippen molar-refractivity contribution in [1.29, 1.82) is 0 Å². The van der Waals surface area contributed by atoms with Crippen LogP contribution in [0.3, 0.4) is 0 Å². The molecule has 1 aromatic rings. The molecule has 0 aliphatic carbocycles. The molecule has 0 radical (unpaired) electrons. The van der Waals surface area contributed by atoms with Crippen LogP contribution in [0.5, 0.6) is 11.5 Å². The molecule has 120 valence electrons. The van der Waals surface area contributed by atoms with Gasteiger partial charge in [-0.2, -0.15) is 0 Å². The Hall–Kier alpha value is -1.95. The highest BCUT2D eigenvalue weighted by molar-refractivity contribution is 5.67. The van der Waals surface area contributed by atoms with E-state index in [-0.39, 0.29) is 6.61 Å². The van der Waals surface area contributed by atoms with Gasteiger partial charge in [0.2, 0.25) is 6.23 Å². The van der Waals surface area contributed by atoms with E-state index in [1.54, 1.807) is 0 Å². The third-order valence-electron chi connectivity index (χ3n) is 4.10. The van der Waals surface area contributed by atoms with Crippen LogP contribution in [-0.2, 0) is 4.74 Å². The van der Waals surface area contributed by atoms with Crippen LogP contribution in [0.4, 0.5) is 4.79 Å². The molecule has 6 nitrogen and oxygen atoms in total. The zero-order valence-electron chi connectivity index (χ0n) is 12.8. The van der Waals surface area contributed by atoms with Gasteiger partial charge in [0.1, 0.15) is 13.2 Å². The lowest BCUT2D eigenvalue weighted by Crippen LogP contribution is -2.46. The van der Waals surface area contributed by atoms with E-state index in [9.17, 15) is 4.79 Å². The minimum atomic E-state index is -0.520. The van der Waals surface area contributed by atoms with Crippen LogP contribution in [0.2, 0.25) is 0 Å². The number of carbonyl (C=O) groups excluding carboxylic acids is 1. The van der Waals surface area contributed by atoms with E-state index in [0.717, 1.165) is 19.5 Å². The first-order valence-corrected chi connectivity index (χ1v) is 7.82. The topological polar surface area (TPSA) is 60.0 Å². The minimum absolute atomic E-state index is 0.274. The molecule has 6 heteroatoms. The highest BCUT2D eigenvalue weighted by atomic mass is 16.6. The van der Waals surface area contributed by atoms with E-state index in [2.05, 4.69) is 17.1 Å². The highest BCUT2D eigenvalue weighted by Crippen LogP contribution is 2.30. The van der Waals surface area contributed by atoms with Gasteiger partial charge in [-0.25, -0.2) is 4.79 Å². The smallest absolute Gasteiger partial charge is 0.410 e. The van der Waals surface area contributed by atoms with E-state index in [1.165, 1.54) is 6.42 Å². The van der Waals surface area contributed by atoms with Crippen LogP contribution < -0.4 is 14.8 Å². The second-order valence-electron chi connectivity index (χ2n) is 5.53. The molecule has 3 rings (SSSR count). The van der Waals surface area contributed by atoms with Crippen molar-refractivity contribution in [3.05, 3.63) is 24.3 Å². The predicted molar refractivity (Wildman–Crippen MR) is 81.1 cm³/mol. The Morgan fingerprint density at radius 1 is 1.41 bits per heavy atom. The number of carbonyl (C=O) groups is 1. The number of ether oxygens (including phenoxy) is 3. The molecule has 0 saturated carbocycles. The second-order valence-corrected chi connectivity index (χ2v) is 5.53. The number of hydrogen-bond donors (Lipinski definition) is 1. The fourth-order valence-electron chi connectivity index (χ4n) is 2.94.